The summed E-state index contributed by atoms with van der Waals surface area (Å²) in [6.07, 6.45) is 0. The Balaban J connectivity index is 1.68. The third-order valence-corrected chi connectivity index (χ3v) is 4.41. The van der Waals surface area contributed by atoms with Crippen molar-refractivity contribution in [1.29, 1.82) is 5.26 Å². The summed E-state index contributed by atoms with van der Waals surface area (Å²) >= 11 is 0. The van der Waals surface area contributed by atoms with Gasteiger partial charge in [0.25, 0.3) is 0 Å². The van der Waals surface area contributed by atoms with Crippen LogP contribution in [0.5, 0.6) is 0 Å². The summed E-state index contributed by atoms with van der Waals surface area (Å²) in [7, 11) is 0. The zero-order valence-electron chi connectivity index (χ0n) is 14.9. The van der Waals surface area contributed by atoms with E-state index in [9.17, 15) is 0 Å². The molecular formula is C24H17N3. The van der Waals surface area contributed by atoms with Crippen LogP contribution in [-0.4, -0.2) is 9.97 Å². The molecule has 0 aliphatic heterocycles. The smallest absolute Gasteiger partial charge is 0.160 e. The molecule has 3 heteroatoms. The predicted octanol–water partition coefficient (Wildman–Crippen LogP) is 5.66. The van der Waals surface area contributed by atoms with Gasteiger partial charge in [0.15, 0.2) is 5.82 Å². The van der Waals surface area contributed by atoms with E-state index in [4.69, 9.17) is 10.2 Å². The lowest BCUT2D eigenvalue weighted by atomic mass is 10.0. The summed E-state index contributed by atoms with van der Waals surface area (Å²) < 4.78 is 0. The lowest BCUT2D eigenvalue weighted by Crippen LogP contribution is -1.95. The second-order valence-corrected chi connectivity index (χ2v) is 6.35. The minimum absolute atomic E-state index is 0.667. The molecule has 27 heavy (non-hydrogen) atoms. The summed E-state index contributed by atoms with van der Waals surface area (Å²) in [5.41, 5.74) is 6.77. The Kier molecular flexibility index (Phi) is 4.47. The van der Waals surface area contributed by atoms with Crippen molar-refractivity contribution < 1.29 is 0 Å². The normalized spacial score (nSPS) is 10.4. The molecule has 0 amide bonds. The molecule has 0 bridgehead atoms. The maximum atomic E-state index is 8.93. The van der Waals surface area contributed by atoms with Gasteiger partial charge in [0, 0.05) is 16.8 Å². The van der Waals surface area contributed by atoms with Gasteiger partial charge in [-0.3, -0.25) is 0 Å². The number of aromatic nitrogens is 2. The zero-order chi connectivity index (χ0) is 18.6. The summed E-state index contributed by atoms with van der Waals surface area (Å²) in [6, 6.07) is 30.1. The lowest BCUT2D eigenvalue weighted by Gasteiger charge is -2.08. The van der Waals surface area contributed by atoms with Crippen molar-refractivity contribution in [3.8, 4) is 39.8 Å². The second kappa shape index (κ2) is 7.23. The molecule has 128 valence electrons. The zero-order valence-corrected chi connectivity index (χ0v) is 14.9. The van der Waals surface area contributed by atoms with E-state index in [0.29, 0.717) is 5.56 Å². The predicted molar refractivity (Wildman–Crippen MR) is 108 cm³/mol. The average Bonchev–Trinajstić information content (AvgIpc) is 2.74. The summed E-state index contributed by atoms with van der Waals surface area (Å²) in [6.45, 7) is 1.99. The van der Waals surface area contributed by atoms with Gasteiger partial charge >= 0.3 is 0 Å². The Morgan fingerprint density at radius 1 is 0.667 bits per heavy atom. The molecule has 4 rings (SSSR count). The van der Waals surface area contributed by atoms with Crippen molar-refractivity contribution in [3.05, 3.63) is 96.2 Å². The summed E-state index contributed by atoms with van der Waals surface area (Å²) in [5.74, 6) is 0.738. The van der Waals surface area contributed by atoms with Gasteiger partial charge in [0.2, 0.25) is 0 Å². The third kappa shape index (κ3) is 3.61. The van der Waals surface area contributed by atoms with Crippen molar-refractivity contribution in [3.63, 3.8) is 0 Å². The van der Waals surface area contributed by atoms with E-state index in [2.05, 4.69) is 35.3 Å². The SMILES string of the molecule is Cc1cc(-c2ccc(-c3ccc(C#N)cc3)cc2)nc(-c2ccccc2)n1. The van der Waals surface area contributed by atoms with Crippen LogP contribution in [0, 0.1) is 18.3 Å². The van der Waals surface area contributed by atoms with E-state index in [1.54, 1.807) is 0 Å². The number of aryl methyl sites for hydroxylation is 1. The number of hydrogen-bond donors (Lipinski definition) is 0. The number of nitrogens with zero attached hydrogens (tertiary/aromatic N) is 3. The molecule has 3 aromatic carbocycles. The van der Waals surface area contributed by atoms with Crippen LogP contribution in [0.25, 0.3) is 33.8 Å². The highest BCUT2D eigenvalue weighted by Crippen LogP contribution is 2.26. The molecule has 1 aromatic heterocycles. The van der Waals surface area contributed by atoms with Gasteiger partial charge in [-0.1, -0.05) is 66.7 Å². The Labute approximate surface area is 158 Å². The fraction of sp³-hybridized carbons (Fsp3) is 0.0417. The molecule has 0 saturated carbocycles. The van der Waals surface area contributed by atoms with Crippen LogP contribution in [0.3, 0.4) is 0 Å². The molecule has 0 N–H and O–H groups in total. The van der Waals surface area contributed by atoms with Crippen LogP contribution in [-0.2, 0) is 0 Å². The van der Waals surface area contributed by atoms with Gasteiger partial charge in [-0.25, -0.2) is 9.97 Å². The number of hydrogen-bond acceptors (Lipinski definition) is 3. The van der Waals surface area contributed by atoms with Crippen molar-refractivity contribution in [2.75, 3.05) is 0 Å². The molecule has 0 aliphatic carbocycles. The average molecular weight is 347 g/mol. The van der Waals surface area contributed by atoms with E-state index in [-0.39, 0.29) is 0 Å². The van der Waals surface area contributed by atoms with Crippen molar-refractivity contribution in [2.24, 2.45) is 0 Å². The standard InChI is InChI=1S/C24H17N3/c1-17-15-23(27-24(26-17)22-5-3-2-4-6-22)21-13-11-20(12-14-21)19-9-7-18(16-25)8-10-19/h2-15H,1H3. The van der Waals surface area contributed by atoms with Crippen molar-refractivity contribution in [1.82, 2.24) is 9.97 Å². The minimum atomic E-state index is 0.667. The molecule has 0 atom stereocenters. The fourth-order valence-corrected chi connectivity index (χ4v) is 3.00. The van der Waals surface area contributed by atoms with E-state index in [1.807, 2.05) is 67.6 Å². The monoisotopic (exact) mass is 347 g/mol. The third-order valence-electron chi connectivity index (χ3n) is 4.41. The van der Waals surface area contributed by atoms with Crippen molar-refractivity contribution >= 4 is 0 Å². The molecule has 0 saturated heterocycles. The summed E-state index contributed by atoms with van der Waals surface area (Å²) in [4.78, 5) is 9.33. The maximum Gasteiger partial charge on any atom is 0.160 e. The largest absolute Gasteiger partial charge is 0.233 e. The second-order valence-electron chi connectivity index (χ2n) is 6.35. The van der Waals surface area contributed by atoms with E-state index in [0.717, 1.165) is 39.5 Å². The maximum absolute atomic E-state index is 8.93. The highest BCUT2D eigenvalue weighted by Gasteiger charge is 2.07. The van der Waals surface area contributed by atoms with Gasteiger partial charge < -0.3 is 0 Å². The first-order chi connectivity index (χ1) is 13.2. The fourth-order valence-electron chi connectivity index (χ4n) is 3.00. The summed E-state index contributed by atoms with van der Waals surface area (Å²) in [5, 5.41) is 8.93. The molecule has 0 radical (unpaired) electrons. The number of nitriles is 1. The van der Waals surface area contributed by atoms with E-state index < -0.39 is 0 Å². The van der Waals surface area contributed by atoms with Gasteiger partial charge in [-0.2, -0.15) is 5.26 Å². The highest BCUT2D eigenvalue weighted by atomic mass is 14.9. The van der Waals surface area contributed by atoms with Crippen LogP contribution < -0.4 is 0 Å². The Bertz CT molecular complexity index is 1110. The van der Waals surface area contributed by atoms with Gasteiger partial charge in [0.05, 0.1) is 17.3 Å². The molecule has 4 aromatic rings. The number of benzene rings is 3. The quantitative estimate of drug-likeness (QED) is 0.480. The van der Waals surface area contributed by atoms with E-state index in [1.165, 1.54) is 0 Å². The number of rotatable bonds is 3. The Morgan fingerprint density at radius 3 is 1.89 bits per heavy atom. The minimum Gasteiger partial charge on any atom is -0.233 e. The topological polar surface area (TPSA) is 49.6 Å². The van der Waals surface area contributed by atoms with Crippen molar-refractivity contribution in [2.45, 2.75) is 6.92 Å². The molecule has 0 unspecified atom stereocenters. The lowest BCUT2D eigenvalue weighted by molar-refractivity contribution is 1.11. The molecule has 0 aliphatic rings. The van der Waals surface area contributed by atoms with Crippen LogP contribution in [0.2, 0.25) is 0 Å². The van der Waals surface area contributed by atoms with Gasteiger partial charge in [0.1, 0.15) is 0 Å². The molecule has 1 heterocycles. The molecule has 0 fully saturated rings. The van der Waals surface area contributed by atoms with Crippen LogP contribution >= 0.6 is 0 Å². The van der Waals surface area contributed by atoms with Crippen LogP contribution in [0.15, 0.2) is 84.9 Å². The van der Waals surface area contributed by atoms with Crippen LogP contribution in [0.4, 0.5) is 0 Å². The molecule has 3 nitrogen and oxygen atoms in total. The Hall–Kier alpha value is -3.77. The Morgan fingerprint density at radius 2 is 1.26 bits per heavy atom. The van der Waals surface area contributed by atoms with E-state index >= 15 is 0 Å². The molecule has 0 spiro atoms. The van der Waals surface area contributed by atoms with Gasteiger partial charge in [-0.05, 0) is 36.2 Å². The molecular weight excluding hydrogens is 330 g/mol. The first-order valence-corrected chi connectivity index (χ1v) is 8.75. The first kappa shape index (κ1) is 16.7. The first-order valence-electron chi connectivity index (χ1n) is 8.75. The van der Waals surface area contributed by atoms with Gasteiger partial charge in [-0.15, -0.1) is 0 Å². The van der Waals surface area contributed by atoms with Crippen LogP contribution in [0.1, 0.15) is 11.3 Å². The highest BCUT2D eigenvalue weighted by molar-refractivity contribution is 5.70.